The lowest BCUT2D eigenvalue weighted by molar-refractivity contribution is 0.476. The van der Waals surface area contributed by atoms with Gasteiger partial charge in [0.1, 0.15) is 0 Å². The van der Waals surface area contributed by atoms with Crippen molar-refractivity contribution < 1.29 is 0 Å². The highest BCUT2D eigenvalue weighted by Crippen LogP contribution is 2.35. The molecular formula is C14H22ClN5S. The summed E-state index contributed by atoms with van der Waals surface area (Å²) < 4.78 is 6.11. The van der Waals surface area contributed by atoms with Crippen LogP contribution in [0.15, 0.2) is 6.20 Å². The van der Waals surface area contributed by atoms with Gasteiger partial charge < -0.3 is 5.32 Å². The van der Waals surface area contributed by atoms with Gasteiger partial charge in [0.15, 0.2) is 0 Å². The van der Waals surface area contributed by atoms with E-state index < -0.39 is 0 Å². The van der Waals surface area contributed by atoms with Crippen molar-refractivity contribution >= 4 is 23.1 Å². The highest BCUT2D eigenvalue weighted by atomic mass is 35.5. The monoisotopic (exact) mass is 327 g/mol. The number of rotatable bonds is 6. The summed E-state index contributed by atoms with van der Waals surface area (Å²) in [5, 5.41) is 12.9. The van der Waals surface area contributed by atoms with Gasteiger partial charge in [0, 0.05) is 6.04 Å². The van der Waals surface area contributed by atoms with Crippen LogP contribution in [0.1, 0.15) is 68.9 Å². The molecule has 0 aromatic carbocycles. The molecule has 21 heavy (non-hydrogen) atoms. The molecule has 0 radical (unpaired) electrons. The fraction of sp³-hybridized carbons (Fsp3) is 0.643. The molecule has 0 spiro atoms. The van der Waals surface area contributed by atoms with E-state index >= 15 is 0 Å². The summed E-state index contributed by atoms with van der Waals surface area (Å²) >= 11 is 7.84. The van der Waals surface area contributed by atoms with Crippen LogP contribution in [0.5, 0.6) is 0 Å². The average Bonchev–Trinajstić information content (AvgIpc) is 3.02. The van der Waals surface area contributed by atoms with Crippen LogP contribution in [0.25, 0.3) is 0 Å². The molecule has 2 heterocycles. The van der Waals surface area contributed by atoms with E-state index in [9.17, 15) is 0 Å². The van der Waals surface area contributed by atoms with E-state index in [0.29, 0.717) is 10.9 Å². The van der Waals surface area contributed by atoms with Crippen molar-refractivity contribution in [1.82, 2.24) is 24.7 Å². The van der Waals surface area contributed by atoms with Gasteiger partial charge in [-0.05, 0) is 37.8 Å². The summed E-state index contributed by atoms with van der Waals surface area (Å²) in [5.74, 6) is 0.328. The molecule has 0 fully saturated rings. The Labute approximate surface area is 134 Å². The molecular weight excluding hydrogens is 306 g/mol. The number of nitrogens with zero attached hydrogens (tertiary/aromatic N) is 4. The maximum Gasteiger partial charge on any atom is 0.0892 e. The molecule has 1 atom stereocenters. The van der Waals surface area contributed by atoms with E-state index in [0.717, 1.165) is 22.8 Å². The fourth-order valence-corrected chi connectivity index (χ4v) is 3.48. The van der Waals surface area contributed by atoms with Gasteiger partial charge in [0.05, 0.1) is 33.5 Å². The van der Waals surface area contributed by atoms with Gasteiger partial charge in [0.25, 0.3) is 0 Å². The van der Waals surface area contributed by atoms with E-state index in [1.165, 1.54) is 11.5 Å². The first-order valence-corrected chi connectivity index (χ1v) is 8.40. The Bertz CT molecular complexity index is 590. The second-order valence-corrected chi connectivity index (χ2v) is 6.78. The summed E-state index contributed by atoms with van der Waals surface area (Å²) in [6.07, 6.45) is 1.71. The minimum Gasteiger partial charge on any atom is -0.304 e. The lowest BCUT2D eigenvalue weighted by Crippen LogP contribution is -2.26. The van der Waals surface area contributed by atoms with Crippen LogP contribution in [0.3, 0.4) is 0 Å². The Kier molecular flexibility index (Phi) is 5.35. The van der Waals surface area contributed by atoms with Crippen LogP contribution in [-0.2, 0) is 0 Å². The number of aromatic nitrogens is 4. The molecule has 0 saturated heterocycles. The Morgan fingerprint density at radius 3 is 2.62 bits per heavy atom. The Morgan fingerprint density at radius 1 is 1.33 bits per heavy atom. The summed E-state index contributed by atoms with van der Waals surface area (Å²) in [7, 11) is 0. The third kappa shape index (κ3) is 3.27. The Hall–Kier alpha value is -0.980. The minimum atomic E-state index is -0.0233. The summed E-state index contributed by atoms with van der Waals surface area (Å²) in [5.41, 5.74) is 2.01. The number of halogens is 1. The number of hydrogen-bond donors (Lipinski definition) is 1. The molecule has 0 aliphatic rings. The number of nitrogens with one attached hydrogen (secondary N) is 1. The molecule has 0 bridgehead atoms. The van der Waals surface area contributed by atoms with Crippen LogP contribution in [0, 0.1) is 0 Å². The van der Waals surface area contributed by atoms with E-state index in [1.807, 2.05) is 4.68 Å². The van der Waals surface area contributed by atoms with Crippen molar-refractivity contribution in [1.29, 1.82) is 0 Å². The van der Waals surface area contributed by atoms with Crippen LogP contribution in [0.2, 0.25) is 5.02 Å². The topological polar surface area (TPSA) is 55.6 Å². The van der Waals surface area contributed by atoms with E-state index in [1.54, 1.807) is 6.20 Å². The van der Waals surface area contributed by atoms with Crippen molar-refractivity contribution in [2.45, 2.75) is 52.6 Å². The van der Waals surface area contributed by atoms with Crippen LogP contribution in [0.4, 0.5) is 0 Å². The first-order valence-electron chi connectivity index (χ1n) is 7.25. The zero-order valence-electron chi connectivity index (χ0n) is 13.1. The maximum absolute atomic E-state index is 6.41. The minimum absolute atomic E-state index is 0.0233. The summed E-state index contributed by atoms with van der Waals surface area (Å²) in [6.45, 7) is 11.4. The van der Waals surface area contributed by atoms with Gasteiger partial charge in [-0.1, -0.05) is 36.9 Å². The van der Waals surface area contributed by atoms with Gasteiger partial charge in [0.2, 0.25) is 0 Å². The van der Waals surface area contributed by atoms with E-state index in [-0.39, 0.29) is 12.1 Å². The maximum atomic E-state index is 6.41. The lowest BCUT2D eigenvalue weighted by atomic mass is 10.0. The Morgan fingerprint density at radius 2 is 2.05 bits per heavy atom. The van der Waals surface area contributed by atoms with Gasteiger partial charge >= 0.3 is 0 Å². The van der Waals surface area contributed by atoms with Crippen LogP contribution in [-0.4, -0.2) is 25.9 Å². The fourth-order valence-electron chi connectivity index (χ4n) is 2.35. The highest BCUT2D eigenvalue weighted by Gasteiger charge is 2.28. The third-order valence-electron chi connectivity index (χ3n) is 3.31. The second kappa shape index (κ2) is 6.85. The van der Waals surface area contributed by atoms with Crippen molar-refractivity contribution in [3.05, 3.63) is 27.5 Å². The summed E-state index contributed by atoms with van der Waals surface area (Å²) in [6, 6.07) is 0.224. The predicted molar refractivity (Wildman–Crippen MR) is 87.1 cm³/mol. The van der Waals surface area contributed by atoms with Gasteiger partial charge in [-0.15, -0.1) is 5.10 Å². The molecule has 0 aliphatic carbocycles. The first-order chi connectivity index (χ1) is 9.97. The predicted octanol–water partition coefficient (Wildman–Crippen LogP) is 3.79. The molecule has 7 heteroatoms. The zero-order valence-corrected chi connectivity index (χ0v) is 14.7. The average molecular weight is 328 g/mol. The quantitative estimate of drug-likeness (QED) is 0.877. The molecule has 2 aromatic heterocycles. The Balaban J connectivity index is 2.54. The highest BCUT2D eigenvalue weighted by molar-refractivity contribution is 7.05. The molecule has 1 unspecified atom stereocenters. The van der Waals surface area contributed by atoms with Crippen molar-refractivity contribution in [3.8, 4) is 0 Å². The summed E-state index contributed by atoms with van der Waals surface area (Å²) in [4.78, 5) is 1.12. The molecule has 116 valence electrons. The standard InChI is InChI=1S/C14H22ClN5S/c1-6-16-12(14-11(8(2)3)18-19-21-14)13-10(15)7-17-20(13)9(4)5/h7-9,12,16H,6H2,1-5H3. The van der Waals surface area contributed by atoms with Gasteiger partial charge in [-0.3, -0.25) is 4.68 Å². The van der Waals surface area contributed by atoms with Crippen molar-refractivity contribution in [3.63, 3.8) is 0 Å². The molecule has 0 amide bonds. The molecule has 0 aliphatic heterocycles. The molecule has 2 rings (SSSR count). The first kappa shape index (κ1) is 16.4. The van der Waals surface area contributed by atoms with E-state index in [4.69, 9.17) is 11.6 Å². The zero-order chi connectivity index (χ0) is 15.6. The molecule has 5 nitrogen and oxygen atoms in total. The smallest absolute Gasteiger partial charge is 0.0892 e. The van der Waals surface area contributed by atoms with Crippen LogP contribution >= 0.6 is 23.1 Å². The third-order valence-corrected chi connectivity index (χ3v) is 4.40. The largest absolute Gasteiger partial charge is 0.304 e. The second-order valence-electron chi connectivity index (χ2n) is 5.58. The van der Waals surface area contributed by atoms with Gasteiger partial charge in [-0.2, -0.15) is 5.10 Å². The van der Waals surface area contributed by atoms with Crippen LogP contribution < -0.4 is 5.32 Å². The molecule has 2 aromatic rings. The van der Waals surface area contributed by atoms with E-state index in [2.05, 4.69) is 54.6 Å². The normalized spacial score (nSPS) is 13.3. The van der Waals surface area contributed by atoms with Crippen molar-refractivity contribution in [2.24, 2.45) is 0 Å². The molecule has 1 N–H and O–H groups in total. The van der Waals surface area contributed by atoms with Crippen molar-refractivity contribution in [2.75, 3.05) is 6.54 Å². The van der Waals surface area contributed by atoms with Gasteiger partial charge in [-0.25, -0.2) is 0 Å². The SMILES string of the molecule is CCNC(c1snnc1C(C)C)c1c(Cl)cnn1C(C)C. The lowest BCUT2D eigenvalue weighted by Gasteiger charge is -2.21. The molecule has 0 saturated carbocycles. The number of hydrogen-bond acceptors (Lipinski definition) is 5.